The third kappa shape index (κ3) is 10.0. The lowest BCUT2D eigenvalue weighted by atomic mass is 10.0. The first-order chi connectivity index (χ1) is 18.4. The van der Waals surface area contributed by atoms with E-state index in [0.29, 0.717) is 18.5 Å². The summed E-state index contributed by atoms with van der Waals surface area (Å²) in [5, 5.41) is 30.4. The van der Waals surface area contributed by atoms with Crippen LogP contribution in [0, 0.1) is 5.92 Å². The Labute approximate surface area is 228 Å². The molecule has 5 unspecified atom stereocenters. The number of aliphatic hydroxyl groups is 1. The molecular weight excluding hydrogens is 510 g/mol. The molecule has 1 aromatic carbocycles. The number of hydrogen-bond acceptors (Lipinski definition) is 8. The maximum absolute atomic E-state index is 13.4. The highest BCUT2D eigenvalue weighted by molar-refractivity contribution is 5.99. The first-order valence-corrected chi connectivity index (χ1v) is 13.1. The molecule has 1 heterocycles. The number of benzene rings is 1. The molecule has 0 spiro atoms. The van der Waals surface area contributed by atoms with Crippen molar-refractivity contribution in [2.75, 3.05) is 18.9 Å². The maximum Gasteiger partial charge on any atom is 0.333 e. The van der Waals surface area contributed by atoms with Crippen LogP contribution < -0.4 is 31.7 Å². The van der Waals surface area contributed by atoms with Crippen LogP contribution in [-0.4, -0.2) is 78.2 Å². The fourth-order valence-corrected chi connectivity index (χ4v) is 4.27. The fraction of sp³-hybridized carbons (Fsp3) is 0.615. The van der Waals surface area contributed by atoms with Crippen LogP contribution in [-0.2, 0) is 25.5 Å². The van der Waals surface area contributed by atoms with Gasteiger partial charge in [0.15, 0.2) is 6.10 Å². The van der Waals surface area contributed by atoms with E-state index in [0.717, 1.165) is 5.56 Å². The SMILES string of the molecule is CCc1ccc(OC2CC(O)CC(C(=O)O)O2)c(NC(=O)C(CCCNC(N)=O)NC(=O)C(NC)C(C)C)c1. The lowest BCUT2D eigenvalue weighted by molar-refractivity contribution is -0.195. The van der Waals surface area contributed by atoms with E-state index in [1.165, 1.54) is 0 Å². The molecule has 1 aliphatic rings. The Kier molecular flexibility index (Phi) is 12.4. The van der Waals surface area contributed by atoms with Gasteiger partial charge >= 0.3 is 12.0 Å². The zero-order valence-corrected chi connectivity index (χ0v) is 22.9. The van der Waals surface area contributed by atoms with Crippen molar-refractivity contribution in [3.8, 4) is 5.75 Å². The molecule has 2 rings (SSSR count). The van der Waals surface area contributed by atoms with Crippen LogP contribution in [0.3, 0.4) is 0 Å². The summed E-state index contributed by atoms with van der Waals surface area (Å²) in [6.07, 6.45) is -1.93. The molecule has 0 aliphatic carbocycles. The second kappa shape index (κ2) is 15.2. The molecule has 1 aliphatic heterocycles. The smallest absolute Gasteiger partial charge is 0.333 e. The van der Waals surface area contributed by atoms with Gasteiger partial charge in [0, 0.05) is 19.4 Å². The summed E-state index contributed by atoms with van der Waals surface area (Å²) in [5.41, 5.74) is 6.32. The van der Waals surface area contributed by atoms with Crippen molar-refractivity contribution in [1.82, 2.24) is 16.0 Å². The van der Waals surface area contributed by atoms with E-state index in [1.54, 1.807) is 25.2 Å². The normalized spacial score (nSPS) is 20.5. The van der Waals surface area contributed by atoms with E-state index >= 15 is 0 Å². The summed E-state index contributed by atoms with van der Waals surface area (Å²) >= 11 is 0. The third-order valence-corrected chi connectivity index (χ3v) is 6.37. The number of rotatable bonds is 14. The number of nitrogens with one attached hydrogen (secondary N) is 4. The number of carboxylic acid groups (broad SMARTS) is 1. The number of anilines is 1. The summed E-state index contributed by atoms with van der Waals surface area (Å²) < 4.78 is 11.4. The minimum absolute atomic E-state index is 0.0306. The van der Waals surface area contributed by atoms with Gasteiger partial charge in [0.1, 0.15) is 11.8 Å². The first kappa shape index (κ1) is 31.8. The number of urea groups is 1. The quantitative estimate of drug-likeness (QED) is 0.162. The van der Waals surface area contributed by atoms with Gasteiger partial charge in [-0.15, -0.1) is 0 Å². The maximum atomic E-state index is 13.4. The average molecular weight is 552 g/mol. The number of aryl methyl sites for hydroxylation is 1. The summed E-state index contributed by atoms with van der Waals surface area (Å²) in [6, 6.07) is 3.00. The lowest BCUT2D eigenvalue weighted by Crippen LogP contribution is -2.52. The summed E-state index contributed by atoms with van der Waals surface area (Å²) in [6.45, 7) is 5.93. The monoisotopic (exact) mass is 551 g/mol. The molecule has 218 valence electrons. The first-order valence-electron chi connectivity index (χ1n) is 13.1. The Morgan fingerprint density at radius 2 is 1.90 bits per heavy atom. The van der Waals surface area contributed by atoms with Crippen molar-refractivity contribution in [3.05, 3.63) is 23.8 Å². The number of likely N-dealkylation sites (N-methyl/N-ethyl adjacent to an activating group) is 1. The van der Waals surface area contributed by atoms with Gasteiger partial charge in [-0.3, -0.25) is 9.59 Å². The Bertz CT molecular complexity index is 1000. The largest absolute Gasteiger partial charge is 0.479 e. The second-order valence-electron chi connectivity index (χ2n) is 9.81. The van der Waals surface area contributed by atoms with Crippen molar-refractivity contribution in [2.24, 2.45) is 11.7 Å². The van der Waals surface area contributed by atoms with E-state index in [-0.39, 0.29) is 43.4 Å². The van der Waals surface area contributed by atoms with Crippen molar-refractivity contribution < 1.29 is 38.9 Å². The number of primary amides is 1. The molecular formula is C26H41N5O8. The zero-order valence-electron chi connectivity index (χ0n) is 22.9. The van der Waals surface area contributed by atoms with Crippen LogP contribution in [0.2, 0.25) is 0 Å². The van der Waals surface area contributed by atoms with Crippen molar-refractivity contribution in [2.45, 2.75) is 83.5 Å². The number of ether oxygens (including phenoxy) is 2. The van der Waals surface area contributed by atoms with Gasteiger partial charge < -0.3 is 46.7 Å². The number of nitrogens with two attached hydrogens (primary N) is 1. The number of carbonyl (C=O) groups is 4. The number of hydrogen-bond donors (Lipinski definition) is 7. The molecule has 39 heavy (non-hydrogen) atoms. The molecule has 0 bridgehead atoms. The molecule has 0 aromatic heterocycles. The topological polar surface area (TPSA) is 201 Å². The van der Waals surface area contributed by atoms with Crippen LogP contribution >= 0.6 is 0 Å². The Morgan fingerprint density at radius 1 is 1.18 bits per heavy atom. The molecule has 13 nitrogen and oxygen atoms in total. The van der Waals surface area contributed by atoms with Gasteiger partial charge in [-0.05, 0) is 49.9 Å². The molecule has 0 saturated carbocycles. The number of amides is 4. The van der Waals surface area contributed by atoms with Gasteiger partial charge in [-0.25, -0.2) is 9.59 Å². The van der Waals surface area contributed by atoms with Gasteiger partial charge in [-0.2, -0.15) is 0 Å². The van der Waals surface area contributed by atoms with Crippen LogP contribution in [0.1, 0.15) is 52.0 Å². The summed E-state index contributed by atoms with van der Waals surface area (Å²) in [4.78, 5) is 48.8. The van der Waals surface area contributed by atoms with Crippen LogP contribution in [0.4, 0.5) is 10.5 Å². The number of aliphatic hydroxyl groups excluding tert-OH is 1. The molecule has 5 atom stereocenters. The molecule has 1 fully saturated rings. The Hall–Kier alpha value is -3.42. The fourth-order valence-electron chi connectivity index (χ4n) is 4.27. The van der Waals surface area contributed by atoms with E-state index < -0.39 is 48.5 Å². The predicted molar refractivity (Wildman–Crippen MR) is 143 cm³/mol. The van der Waals surface area contributed by atoms with Gasteiger partial charge in [-0.1, -0.05) is 26.8 Å². The molecule has 4 amide bonds. The summed E-state index contributed by atoms with van der Waals surface area (Å²) in [5.74, 6) is -1.87. The number of aliphatic carboxylic acids is 1. The van der Waals surface area contributed by atoms with Crippen LogP contribution in [0.15, 0.2) is 18.2 Å². The van der Waals surface area contributed by atoms with Crippen LogP contribution in [0.5, 0.6) is 5.75 Å². The Balaban J connectivity index is 2.25. The number of carbonyl (C=O) groups excluding carboxylic acids is 3. The molecule has 13 heteroatoms. The van der Waals surface area contributed by atoms with Crippen LogP contribution in [0.25, 0.3) is 0 Å². The van der Waals surface area contributed by atoms with Crippen molar-refractivity contribution in [3.63, 3.8) is 0 Å². The van der Waals surface area contributed by atoms with E-state index in [4.69, 9.17) is 15.2 Å². The van der Waals surface area contributed by atoms with E-state index in [9.17, 15) is 29.4 Å². The minimum atomic E-state index is -1.22. The van der Waals surface area contributed by atoms with E-state index in [2.05, 4.69) is 21.3 Å². The van der Waals surface area contributed by atoms with E-state index in [1.807, 2.05) is 20.8 Å². The highest BCUT2D eigenvalue weighted by atomic mass is 16.7. The number of carboxylic acids is 1. The highest BCUT2D eigenvalue weighted by Crippen LogP contribution is 2.31. The second-order valence-corrected chi connectivity index (χ2v) is 9.81. The lowest BCUT2D eigenvalue weighted by Gasteiger charge is -2.31. The molecule has 1 saturated heterocycles. The van der Waals surface area contributed by atoms with Gasteiger partial charge in [0.25, 0.3) is 0 Å². The standard InChI is InChI=1S/C26H41N5O8/c1-5-15-8-9-19(38-21-13-16(32)12-20(39-21)25(35)36)18(11-15)31-23(33)17(7-6-10-29-26(27)37)30-24(34)22(28-4)14(2)3/h8-9,11,14,16-17,20-22,28,32H,5-7,10,12-13H2,1-4H3,(H,30,34)(H,31,33)(H,35,36)(H3,27,29,37). The predicted octanol–water partition coefficient (Wildman–Crippen LogP) is 0.694. The van der Waals surface area contributed by atoms with Gasteiger partial charge in [0.2, 0.25) is 18.1 Å². The molecule has 1 aromatic rings. The average Bonchev–Trinajstić information content (AvgIpc) is 2.86. The van der Waals surface area contributed by atoms with Crippen molar-refractivity contribution in [1.29, 1.82) is 0 Å². The molecule has 8 N–H and O–H groups in total. The molecule has 0 radical (unpaired) electrons. The van der Waals surface area contributed by atoms with Crippen molar-refractivity contribution >= 4 is 29.5 Å². The third-order valence-electron chi connectivity index (χ3n) is 6.37. The highest BCUT2D eigenvalue weighted by Gasteiger charge is 2.34. The Morgan fingerprint density at radius 3 is 2.49 bits per heavy atom. The van der Waals surface area contributed by atoms with Gasteiger partial charge in [0.05, 0.1) is 17.8 Å². The summed E-state index contributed by atoms with van der Waals surface area (Å²) in [7, 11) is 1.66. The zero-order chi connectivity index (χ0) is 29.1. The minimum Gasteiger partial charge on any atom is -0.479 e.